The molecule has 98 valence electrons. The van der Waals surface area contributed by atoms with E-state index in [-0.39, 0.29) is 6.42 Å². The minimum Gasteiger partial charge on any atom is -0.481 e. The fraction of sp³-hybridized carbons (Fsp3) is 0.214. The number of nitrogens with zero attached hydrogens (tertiary/aromatic N) is 2. The van der Waals surface area contributed by atoms with Crippen LogP contribution >= 0.6 is 0 Å². The number of benzene rings is 1. The van der Waals surface area contributed by atoms with Crippen LogP contribution in [0, 0.1) is 6.92 Å². The van der Waals surface area contributed by atoms with E-state index in [1.165, 1.54) is 13.3 Å². The largest absolute Gasteiger partial charge is 0.481 e. The number of hydrogen-bond donors (Lipinski definition) is 1. The summed E-state index contributed by atoms with van der Waals surface area (Å²) in [5.74, 6) is -0.117. The molecule has 5 nitrogen and oxygen atoms in total. The molecule has 1 aromatic carbocycles. The highest BCUT2D eigenvalue weighted by molar-refractivity contribution is 5.71. The van der Waals surface area contributed by atoms with Crippen LogP contribution < -0.4 is 4.74 Å². The molecular weight excluding hydrogens is 244 g/mol. The predicted molar refractivity (Wildman–Crippen MR) is 70.1 cm³/mol. The zero-order valence-corrected chi connectivity index (χ0v) is 10.8. The lowest BCUT2D eigenvalue weighted by atomic mass is 10.1. The molecule has 0 atom stereocenters. The van der Waals surface area contributed by atoms with Gasteiger partial charge in [-0.2, -0.15) is 4.98 Å². The van der Waals surface area contributed by atoms with Gasteiger partial charge >= 0.3 is 5.97 Å². The van der Waals surface area contributed by atoms with E-state index in [1.54, 1.807) is 0 Å². The molecule has 1 aromatic heterocycles. The van der Waals surface area contributed by atoms with Crippen LogP contribution in [0.4, 0.5) is 0 Å². The molecule has 1 N–H and O–H groups in total. The molecule has 0 amide bonds. The van der Waals surface area contributed by atoms with Crippen molar-refractivity contribution in [1.29, 1.82) is 0 Å². The number of carboxylic acid groups (broad SMARTS) is 1. The molecule has 0 spiro atoms. The van der Waals surface area contributed by atoms with Crippen molar-refractivity contribution >= 4 is 5.97 Å². The van der Waals surface area contributed by atoms with E-state index in [9.17, 15) is 4.79 Å². The van der Waals surface area contributed by atoms with Gasteiger partial charge < -0.3 is 9.84 Å². The normalized spacial score (nSPS) is 10.2. The topological polar surface area (TPSA) is 72.3 Å². The first-order valence-electron chi connectivity index (χ1n) is 5.79. The number of aromatic nitrogens is 2. The third-order valence-corrected chi connectivity index (χ3v) is 2.64. The van der Waals surface area contributed by atoms with Crippen LogP contribution in [0.3, 0.4) is 0 Å². The molecule has 0 aliphatic rings. The van der Waals surface area contributed by atoms with Gasteiger partial charge in [-0.05, 0) is 13.0 Å². The fourth-order valence-electron chi connectivity index (χ4n) is 1.78. The smallest absolute Gasteiger partial charge is 0.308 e. The average molecular weight is 258 g/mol. The average Bonchev–Trinajstić information content (AvgIpc) is 2.38. The molecule has 0 saturated carbocycles. The van der Waals surface area contributed by atoms with Crippen molar-refractivity contribution in [2.75, 3.05) is 7.11 Å². The van der Waals surface area contributed by atoms with E-state index in [0.29, 0.717) is 17.3 Å². The number of aliphatic carboxylic acids is 1. The van der Waals surface area contributed by atoms with E-state index in [1.807, 2.05) is 31.2 Å². The standard InChI is InChI=1S/C14H14N2O3/c1-9-4-3-5-10(6-9)13-15-8-11(7-12(17)18)14(16-13)19-2/h3-6,8H,7H2,1-2H3,(H,17,18). The Kier molecular flexibility index (Phi) is 3.75. The van der Waals surface area contributed by atoms with Crippen molar-refractivity contribution in [3.8, 4) is 17.3 Å². The zero-order valence-electron chi connectivity index (χ0n) is 10.8. The number of carbonyl (C=O) groups is 1. The van der Waals surface area contributed by atoms with Gasteiger partial charge in [0, 0.05) is 17.3 Å². The summed E-state index contributed by atoms with van der Waals surface area (Å²) in [6, 6.07) is 7.77. The molecule has 0 aliphatic carbocycles. The Labute approximate surface area is 110 Å². The van der Waals surface area contributed by atoms with Gasteiger partial charge in [0.15, 0.2) is 5.82 Å². The van der Waals surface area contributed by atoms with Crippen molar-refractivity contribution in [3.05, 3.63) is 41.6 Å². The number of carboxylic acids is 1. The van der Waals surface area contributed by atoms with Crippen molar-refractivity contribution in [1.82, 2.24) is 9.97 Å². The Bertz CT molecular complexity index is 611. The van der Waals surface area contributed by atoms with Crippen LogP contribution in [0.25, 0.3) is 11.4 Å². The van der Waals surface area contributed by atoms with Gasteiger partial charge in [-0.3, -0.25) is 4.79 Å². The maximum Gasteiger partial charge on any atom is 0.308 e. The summed E-state index contributed by atoms with van der Waals surface area (Å²) >= 11 is 0. The van der Waals surface area contributed by atoms with Gasteiger partial charge in [-0.15, -0.1) is 0 Å². The number of ether oxygens (including phenoxy) is 1. The lowest BCUT2D eigenvalue weighted by molar-refractivity contribution is -0.136. The molecule has 2 aromatic rings. The summed E-state index contributed by atoms with van der Waals surface area (Å²) in [7, 11) is 1.47. The van der Waals surface area contributed by atoms with Gasteiger partial charge in [0.25, 0.3) is 0 Å². The van der Waals surface area contributed by atoms with Crippen LogP contribution in [-0.4, -0.2) is 28.2 Å². The lowest BCUT2D eigenvalue weighted by Gasteiger charge is -2.07. The quantitative estimate of drug-likeness (QED) is 0.909. The Morgan fingerprint density at radius 3 is 2.84 bits per heavy atom. The third kappa shape index (κ3) is 3.07. The van der Waals surface area contributed by atoms with E-state index in [0.717, 1.165) is 11.1 Å². The zero-order chi connectivity index (χ0) is 13.8. The summed E-state index contributed by atoms with van der Waals surface area (Å²) in [6.45, 7) is 1.99. The van der Waals surface area contributed by atoms with E-state index >= 15 is 0 Å². The van der Waals surface area contributed by atoms with E-state index < -0.39 is 5.97 Å². The first kappa shape index (κ1) is 13.0. The molecule has 1 heterocycles. The molecule has 2 rings (SSSR count). The minimum atomic E-state index is -0.940. The van der Waals surface area contributed by atoms with Gasteiger partial charge in [0.05, 0.1) is 13.5 Å². The summed E-state index contributed by atoms with van der Waals surface area (Å²) in [6.07, 6.45) is 1.34. The molecule has 0 saturated heterocycles. The van der Waals surface area contributed by atoms with Crippen LogP contribution in [0.2, 0.25) is 0 Å². The molecular formula is C14H14N2O3. The molecule has 19 heavy (non-hydrogen) atoms. The highest BCUT2D eigenvalue weighted by Gasteiger charge is 2.12. The second-order valence-electron chi connectivity index (χ2n) is 4.17. The van der Waals surface area contributed by atoms with Crippen LogP contribution in [0.1, 0.15) is 11.1 Å². The van der Waals surface area contributed by atoms with Gasteiger partial charge in [0.1, 0.15) is 0 Å². The number of methoxy groups -OCH3 is 1. The number of hydrogen-bond acceptors (Lipinski definition) is 4. The van der Waals surface area contributed by atoms with Crippen molar-refractivity contribution in [3.63, 3.8) is 0 Å². The van der Waals surface area contributed by atoms with Crippen LogP contribution in [0.15, 0.2) is 30.5 Å². The lowest BCUT2D eigenvalue weighted by Crippen LogP contribution is -2.05. The van der Waals surface area contributed by atoms with Crippen LogP contribution in [-0.2, 0) is 11.2 Å². The SMILES string of the molecule is COc1nc(-c2cccc(C)c2)ncc1CC(=O)O. The van der Waals surface area contributed by atoms with E-state index in [4.69, 9.17) is 9.84 Å². The van der Waals surface area contributed by atoms with Gasteiger partial charge in [0.2, 0.25) is 5.88 Å². The van der Waals surface area contributed by atoms with Crippen molar-refractivity contribution < 1.29 is 14.6 Å². The second-order valence-corrected chi connectivity index (χ2v) is 4.17. The minimum absolute atomic E-state index is 0.155. The van der Waals surface area contributed by atoms with Crippen molar-refractivity contribution in [2.24, 2.45) is 0 Å². The van der Waals surface area contributed by atoms with Crippen LogP contribution in [0.5, 0.6) is 5.88 Å². The monoisotopic (exact) mass is 258 g/mol. The first-order chi connectivity index (χ1) is 9.10. The number of rotatable bonds is 4. The maximum absolute atomic E-state index is 10.7. The Balaban J connectivity index is 2.41. The third-order valence-electron chi connectivity index (χ3n) is 2.64. The molecule has 0 radical (unpaired) electrons. The highest BCUT2D eigenvalue weighted by Crippen LogP contribution is 2.21. The summed E-state index contributed by atoms with van der Waals surface area (Å²) < 4.78 is 5.12. The Morgan fingerprint density at radius 2 is 2.21 bits per heavy atom. The fourth-order valence-corrected chi connectivity index (χ4v) is 1.78. The van der Waals surface area contributed by atoms with Gasteiger partial charge in [-0.25, -0.2) is 4.98 Å². The van der Waals surface area contributed by atoms with Crippen molar-refractivity contribution in [2.45, 2.75) is 13.3 Å². The highest BCUT2D eigenvalue weighted by atomic mass is 16.5. The molecule has 0 aliphatic heterocycles. The number of aryl methyl sites for hydroxylation is 1. The molecule has 0 bridgehead atoms. The molecule has 0 fully saturated rings. The Hall–Kier alpha value is -2.43. The predicted octanol–water partition coefficient (Wildman–Crippen LogP) is 2.09. The van der Waals surface area contributed by atoms with E-state index in [2.05, 4.69) is 9.97 Å². The summed E-state index contributed by atoms with van der Waals surface area (Å²) in [4.78, 5) is 19.2. The first-order valence-corrected chi connectivity index (χ1v) is 5.79. The Morgan fingerprint density at radius 1 is 1.42 bits per heavy atom. The summed E-state index contributed by atoms with van der Waals surface area (Å²) in [5.41, 5.74) is 2.45. The summed E-state index contributed by atoms with van der Waals surface area (Å²) in [5, 5.41) is 8.80. The van der Waals surface area contributed by atoms with Gasteiger partial charge in [-0.1, -0.05) is 23.8 Å². The second kappa shape index (κ2) is 5.48. The maximum atomic E-state index is 10.7. The molecule has 0 unspecified atom stereocenters. The molecule has 5 heteroatoms.